The van der Waals surface area contributed by atoms with E-state index < -0.39 is 17.9 Å². The van der Waals surface area contributed by atoms with Gasteiger partial charge in [0, 0.05) is 18.6 Å². The smallest absolute Gasteiger partial charge is 0.326 e. The molecule has 1 aromatic rings. The van der Waals surface area contributed by atoms with E-state index in [-0.39, 0.29) is 12.5 Å². The Hall–Kier alpha value is -2.28. The first-order valence-electron chi connectivity index (χ1n) is 8.91. The summed E-state index contributed by atoms with van der Waals surface area (Å²) < 4.78 is 16.4. The first-order valence-corrected chi connectivity index (χ1v) is 8.91. The molecule has 7 heteroatoms. The zero-order valence-electron chi connectivity index (χ0n) is 15.3. The Morgan fingerprint density at radius 1 is 1.31 bits per heavy atom. The van der Waals surface area contributed by atoms with Crippen molar-refractivity contribution in [1.29, 1.82) is 0 Å². The van der Waals surface area contributed by atoms with Crippen LogP contribution < -0.4 is 14.8 Å². The van der Waals surface area contributed by atoms with Gasteiger partial charge in [-0.3, -0.25) is 4.79 Å². The number of ether oxygens (including phenoxy) is 3. The molecule has 2 unspecified atom stereocenters. The number of hydrogen-bond acceptors (Lipinski definition) is 5. The minimum Gasteiger partial charge on any atom is -0.493 e. The zero-order valence-corrected chi connectivity index (χ0v) is 15.3. The molecule has 144 valence electrons. The third-order valence-electron chi connectivity index (χ3n) is 4.01. The van der Waals surface area contributed by atoms with Gasteiger partial charge in [-0.25, -0.2) is 4.79 Å². The fourth-order valence-electron chi connectivity index (χ4n) is 2.69. The van der Waals surface area contributed by atoms with Gasteiger partial charge in [0.1, 0.15) is 17.5 Å². The first kappa shape index (κ1) is 20.0. The predicted molar refractivity (Wildman–Crippen MR) is 95.4 cm³/mol. The number of benzene rings is 1. The molecule has 0 spiro atoms. The molecule has 1 aliphatic rings. The third kappa shape index (κ3) is 6.55. The Balaban J connectivity index is 1.85. The van der Waals surface area contributed by atoms with Crippen molar-refractivity contribution >= 4 is 11.9 Å². The van der Waals surface area contributed by atoms with E-state index in [2.05, 4.69) is 19.2 Å². The monoisotopic (exact) mass is 365 g/mol. The largest absolute Gasteiger partial charge is 0.493 e. The van der Waals surface area contributed by atoms with Crippen LogP contribution in [0.5, 0.6) is 11.5 Å². The highest BCUT2D eigenvalue weighted by Gasteiger charge is 2.31. The molecule has 26 heavy (non-hydrogen) atoms. The zero-order chi connectivity index (χ0) is 18.9. The number of carbonyl (C=O) groups excluding carboxylic acids is 1. The van der Waals surface area contributed by atoms with Gasteiger partial charge in [-0.2, -0.15) is 0 Å². The summed E-state index contributed by atoms with van der Waals surface area (Å²) in [6, 6.07) is 6.06. The highest BCUT2D eigenvalue weighted by molar-refractivity contribution is 5.84. The maximum absolute atomic E-state index is 12.1. The van der Waals surface area contributed by atoms with E-state index in [1.165, 1.54) is 0 Å². The van der Waals surface area contributed by atoms with Crippen molar-refractivity contribution in [2.75, 3.05) is 26.4 Å². The number of carboxylic acids is 1. The second-order valence-electron chi connectivity index (χ2n) is 6.83. The Bertz CT molecular complexity index is 597. The van der Waals surface area contributed by atoms with Crippen LogP contribution in [0.2, 0.25) is 0 Å². The van der Waals surface area contributed by atoms with Crippen LogP contribution in [0.3, 0.4) is 0 Å². The number of aliphatic carboxylic acids is 1. The summed E-state index contributed by atoms with van der Waals surface area (Å²) in [7, 11) is 0. The molecule has 0 aliphatic carbocycles. The van der Waals surface area contributed by atoms with Crippen molar-refractivity contribution in [3.63, 3.8) is 0 Å². The fourth-order valence-corrected chi connectivity index (χ4v) is 2.69. The van der Waals surface area contributed by atoms with Crippen molar-refractivity contribution in [1.82, 2.24) is 5.32 Å². The van der Waals surface area contributed by atoms with E-state index in [4.69, 9.17) is 14.2 Å². The number of carboxylic acid groups (broad SMARTS) is 1. The lowest BCUT2D eigenvalue weighted by Crippen LogP contribution is -2.49. The summed E-state index contributed by atoms with van der Waals surface area (Å²) in [6.07, 6.45) is 1.51. The topological polar surface area (TPSA) is 94.1 Å². The quantitative estimate of drug-likeness (QED) is 0.696. The second kappa shape index (κ2) is 10.0. The molecular weight excluding hydrogens is 338 g/mol. The molecule has 1 heterocycles. The van der Waals surface area contributed by atoms with E-state index in [1.807, 2.05) is 6.07 Å². The lowest BCUT2D eigenvalue weighted by molar-refractivity contribution is -0.145. The van der Waals surface area contributed by atoms with E-state index in [0.29, 0.717) is 43.7 Å². The third-order valence-corrected chi connectivity index (χ3v) is 4.01. The highest BCUT2D eigenvalue weighted by Crippen LogP contribution is 2.20. The Morgan fingerprint density at radius 3 is 2.65 bits per heavy atom. The molecule has 2 N–H and O–H groups in total. The van der Waals surface area contributed by atoms with Gasteiger partial charge in [0.05, 0.1) is 13.2 Å². The van der Waals surface area contributed by atoms with Crippen LogP contribution in [0.4, 0.5) is 0 Å². The van der Waals surface area contributed by atoms with Gasteiger partial charge in [0.25, 0.3) is 5.91 Å². The summed E-state index contributed by atoms with van der Waals surface area (Å²) in [5, 5.41) is 11.9. The predicted octanol–water partition coefficient (Wildman–Crippen LogP) is 2.10. The van der Waals surface area contributed by atoms with E-state index >= 15 is 0 Å². The molecule has 0 saturated carbocycles. The normalized spacial score (nSPS) is 18.2. The molecule has 1 aliphatic heterocycles. The molecule has 7 nitrogen and oxygen atoms in total. The van der Waals surface area contributed by atoms with Gasteiger partial charge < -0.3 is 24.6 Å². The minimum absolute atomic E-state index is 0.224. The van der Waals surface area contributed by atoms with Crippen molar-refractivity contribution in [3.8, 4) is 11.5 Å². The molecule has 0 radical (unpaired) electrons. The number of amides is 1. The van der Waals surface area contributed by atoms with E-state index in [1.54, 1.807) is 18.2 Å². The van der Waals surface area contributed by atoms with Crippen LogP contribution in [0.15, 0.2) is 24.3 Å². The number of rotatable bonds is 9. The summed E-state index contributed by atoms with van der Waals surface area (Å²) in [6.45, 7) is 5.42. The molecule has 1 aromatic carbocycles. The molecular formula is C19H27NO6. The molecule has 1 amide bonds. The van der Waals surface area contributed by atoms with Crippen LogP contribution in [0.1, 0.15) is 26.7 Å². The van der Waals surface area contributed by atoms with Crippen molar-refractivity contribution in [2.45, 2.75) is 32.7 Å². The SMILES string of the molecule is CC(C)COc1cccc(OCC(=O)NC(C(=O)O)C2CCCOC2)c1. The minimum atomic E-state index is -1.06. The van der Waals surface area contributed by atoms with Crippen molar-refractivity contribution in [2.24, 2.45) is 11.8 Å². The van der Waals surface area contributed by atoms with Gasteiger partial charge in [0.15, 0.2) is 6.61 Å². The maximum atomic E-state index is 12.1. The fraction of sp³-hybridized carbons (Fsp3) is 0.579. The second-order valence-corrected chi connectivity index (χ2v) is 6.83. The van der Waals surface area contributed by atoms with Gasteiger partial charge >= 0.3 is 5.97 Å². The highest BCUT2D eigenvalue weighted by atomic mass is 16.5. The van der Waals surface area contributed by atoms with Gasteiger partial charge in [0.2, 0.25) is 0 Å². The first-order chi connectivity index (χ1) is 12.5. The van der Waals surface area contributed by atoms with E-state index in [0.717, 1.165) is 6.42 Å². The standard InChI is InChI=1S/C19H27NO6/c1-13(2)10-25-15-6-3-7-16(9-15)26-12-17(21)20-18(19(22)23)14-5-4-8-24-11-14/h3,6-7,9,13-14,18H,4-5,8,10-12H2,1-2H3,(H,20,21)(H,22,23). The Labute approximate surface area is 153 Å². The lowest BCUT2D eigenvalue weighted by atomic mass is 9.94. The number of hydrogen-bond donors (Lipinski definition) is 2. The molecule has 1 saturated heterocycles. The molecule has 0 bridgehead atoms. The van der Waals surface area contributed by atoms with Gasteiger partial charge in [-0.05, 0) is 30.9 Å². The number of carbonyl (C=O) groups is 2. The average Bonchev–Trinajstić information content (AvgIpc) is 2.63. The van der Waals surface area contributed by atoms with Crippen LogP contribution in [0, 0.1) is 11.8 Å². The van der Waals surface area contributed by atoms with Crippen LogP contribution in [0.25, 0.3) is 0 Å². The summed E-state index contributed by atoms with van der Waals surface area (Å²) in [5.41, 5.74) is 0. The summed E-state index contributed by atoms with van der Waals surface area (Å²) in [4.78, 5) is 23.6. The van der Waals surface area contributed by atoms with Crippen LogP contribution >= 0.6 is 0 Å². The lowest BCUT2D eigenvalue weighted by Gasteiger charge is -2.28. The molecule has 1 fully saturated rings. The van der Waals surface area contributed by atoms with Crippen molar-refractivity contribution < 1.29 is 28.9 Å². The number of nitrogens with one attached hydrogen (secondary N) is 1. The van der Waals surface area contributed by atoms with Gasteiger partial charge in [-0.15, -0.1) is 0 Å². The van der Waals surface area contributed by atoms with Crippen LogP contribution in [-0.4, -0.2) is 49.5 Å². The van der Waals surface area contributed by atoms with Crippen molar-refractivity contribution in [3.05, 3.63) is 24.3 Å². The van der Waals surface area contributed by atoms with Crippen LogP contribution in [-0.2, 0) is 14.3 Å². The van der Waals surface area contributed by atoms with E-state index in [9.17, 15) is 14.7 Å². The molecule has 2 atom stereocenters. The van der Waals surface area contributed by atoms with Gasteiger partial charge in [-0.1, -0.05) is 19.9 Å². The molecule has 2 rings (SSSR count). The Kier molecular flexibility index (Phi) is 7.72. The summed E-state index contributed by atoms with van der Waals surface area (Å²) in [5.74, 6) is -0.192. The maximum Gasteiger partial charge on any atom is 0.326 e. The molecule has 0 aromatic heterocycles. The summed E-state index contributed by atoms with van der Waals surface area (Å²) >= 11 is 0. The average molecular weight is 365 g/mol. The Morgan fingerprint density at radius 2 is 2.04 bits per heavy atom.